The monoisotopic (exact) mass is 327 g/mol. The van der Waals surface area contributed by atoms with Crippen molar-refractivity contribution in [2.75, 3.05) is 11.9 Å². The van der Waals surface area contributed by atoms with Gasteiger partial charge in [-0.05, 0) is 25.3 Å². The molecule has 1 aliphatic carbocycles. The smallest absolute Gasteiger partial charge is 0.343 e. The summed E-state index contributed by atoms with van der Waals surface area (Å²) < 4.78 is 6.52. The first kappa shape index (κ1) is 16.2. The number of ether oxygens (including phenoxy) is 1. The van der Waals surface area contributed by atoms with Gasteiger partial charge >= 0.3 is 5.97 Å². The predicted molar refractivity (Wildman–Crippen MR) is 89.8 cm³/mol. The fourth-order valence-corrected chi connectivity index (χ4v) is 3.11. The summed E-state index contributed by atoms with van der Waals surface area (Å²) in [6.07, 6.45) is 4.03. The molecule has 0 bridgehead atoms. The van der Waals surface area contributed by atoms with E-state index in [9.17, 15) is 9.59 Å². The minimum absolute atomic E-state index is 0.103. The Kier molecular flexibility index (Phi) is 4.38. The summed E-state index contributed by atoms with van der Waals surface area (Å²) in [7, 11) is 1.69. The van der Waals surface area contributed by atoms with Crippen LogP contribution < -0.4 is 5.32 Å². The van der Waals surface area contributed by atoms with E-state index in [0.29, 0.717) is 5.82 Å². The molecule has 1 heterocycles. The Labute approximate surface area is 140 Å². The third-order valence-corrected chi connectivity index (χ3v) is 4.63. The van der Waals surface area contributed by atoms with Crippen molar-refractivity contribution in [1.29, 1.82) is 0 Å². The molecule has 1 amide bonds. The molecule has 0 atom stereocenters. The zero-order valence-electron chi connectivity index (χ0n) is 13.9. The molecule has 1 saturated carbocycles. The average Bonchev–Trinajstić information content (AvgIpc) is 2.89. The van der Waals surface area contributed by atoms with E-state index < -0.39 is 11.4 Å². The first-order chi connectivity index (χ1) is 11.6. The van der Waals surface area contributed by atoms with Crippen LogP contribution in [0.3, 0.4) is 0 Å². The van der Waals surface area contributed by atoms with Crippen molar-refractivity contribution in [3.63, 3.8) is 0 Å². The SMILES string of the molecule is CCOC(=O)c1cnn(C)c1NC(=O)C1(c2ccccc2)CCC1. The second kappa shape index (κ2) is 6.47. The molecule has 24 heavy (non-hydrogen) atoms. The van der Waals surface area contributed by atoms with Gasteiger partial charge in [-0.15, -0.1) is 0 Å². The number of hydrogen-bond acceptors (Lipinski definition) is 4. The summed E-state index contributed by atoms with van der Waals surface area (Å²) in [5, 5.41) is 6.97. The second-order valence-electron chi connectivity index (χ2n) is 6.01. The molecule has 0 spiro atoms. The Morgan fingerprint density at radius 3 is 2.58 bits per heavy atom. The van der Waals surface area contributed by atoms with Crippen LogP contribution in [-0.2, 0) is 22.0 Å². The number of aromatic nitrogens is 2. The van der Waals surface area contributed by atoms with Gasteiger partial charge in [-0.25, -0.2) is 4.79 Å². The first-order valence-electron chi connectivity index (χ1n) is 8.14. The van der Waals surface area contributed by atoms with E-state index in [2.05, 4.69) is 10.4 Å². The van der Waals surface area contributed by atoms with Crippen LogP contribution in [0.2, 0.25) is 0 Å². The van der Waals surface area contributed by atoms with Crippen molar-refractivity contribution < 1.29 is 14.3 Å². The number of carbonyl (C=O) groups excluding carboxylic acids is 2. The first-order valence-corrected chi connectivity index (χ1v) is 8.14. The van der Waals surface area contributed by atoms with Gasteiger partial charge in [0.1, 0.15) is 11.4 Å². The summed E-state index contributed by atoms with van der Waals surface area (Å²) in [6.45, 7) is 2.01. The Morgan fingerprint density at radius 1 is 1.29 bits per heavy atom. The molecule has 0 unspecified atom stereocenters. The van der Waals surface area contributed by atoms with E-state index in [1.807, 2.05) is 30.3 Å². The average molecular weight is 327 g/mol. The van der Waals surface area contributed by atoms with Gasteiger partial charge in [0.05, 0.1) is 18.2 Å². The maximum absolute atomic E-state index is 13.0. The molecule has 3 rings (SSSR count). The fraction of sp³-hybridized carbons (Fsp3) is 0.389. The van der Waals surface area contributed by atoms with Crippen molar-refractivity contribution in [2.24, 2.45) is 7.05 Å². The van der Waals surface area contributed by atoms with Crippen LogP contribution in [0, 0.1) is 0 Å². The molecule has 0 radical (unpaired) electrons. The quantitative estimate of drug-likeness (QED) is 0.857. The Balaban J connectivity index is 1.87. The fourth-order valence-electron chi connectivity index (χ4n) is 3.11. The maximum atomic E-state index is 13.0. The summed E-state index contributed by atoms with van der Waals surface area (Å²) in [5.74, 6) is -0.210. The van der Waals surface area contributed by atoms with Gasteiger partial charge in [-0.3, -0.25) is 9.48 Å². The summed E-state index contributed by atoms with van der Waals surface area (Å²) >= 11 is 0. The summed E-state index contributed by atoms with van der Waals surface area (Å²) in [6, 6.07) is 9.78. The molecule has 6 nitrogen and oxygen atoms in total. The standard InChI is InChI=1S/C18H21N3O3/c1-3-24-16(22)14-12-19-21(2)15(14)20-17(23)18(10-7-11-18)13-8-5-4-6-9-13/h4-6,8-9,12H,3,7,10-11H2,1-2H3,(H,20,23). The molecule has 2 aromatic rings. The Hall–Kier alpha value is -2.63. The predicted octanol–water partition coefficient (Wildman–Crippen LogP) is 2.66. The number of anilines is 1. The van der Waals surface area contributed by atoms with Crippen LogP contribution in [0.15, 0.2) is 36.5 Å². The molecule has 0 saturated heterocycles. The third-order valence-electron chi connectivity index (χ3n) is 4.63. The number of rotatable bonds is 5. The van der Waals surface area contributed by atoms with Gasteiger partial charge < -0.3 is 10.1 Å². The van der Waals surface area contributed by atoms with E-state index in [1.54, 1.807) is 14.0 Å². The van der Waals surface area contributed by atoms with Crippen molar-refractivity contribution in [1.82, 2.24) is 9.78 Å². The van der Waals surface area contributed by atoms with Crippen molar-refractivity contribution in [3.05, 3.63) is 47.7 Å². The van der Waals surface area contributed by atoms with Crippen molar-refractivity contribution >= 4 is 17.7 Å². The van der Waals surface area contributed by atoms with Crippen LogP contribution in [0.1, 0.15) is 42.1 Å². The van der Waals surface area contributed by atoms with Crippen LogP contribution in [0.25, 0.3) is 0 Å². The number of hydrogen-bond donors (Lipinski definition) is 1. The molecule has 1 aromatic carbocycles. The summed E-state index contributed by atoms with van der Waals surface area (Å²) in [4.78, 5) is 25.0. The normalized spacial score (nSPS) is 15.4. The second-order valence-corrected chi connectivity index (χ2v) is 6.01. The number of esters is 1. The highest BCUT2D eigenvalue weighted by Crippen LogP contribution is 2.44. The van der Waals surface area contributed by atoms with E-state index in [0.717, 1.165) is 24.8 Å². The molecular formula is C18H21N3O3. The number of carbonyl (C=O) groups is 2. The lowest BCUT2D eigenvalue weighted by Gasteiger charge is -2.40. The van der Waals surface area contributed by atoms with Crippen LogP contribution in [0.4, 0.5) is 5.82 Å². The van der Waals surface area contributed by atoms with E-state index >= 15 is 0 Å². The van der Waals surface area contributed by atoms with Crippen molar-refractivity contribution in [3.8, 4) is 0 Å². The lowest BCUT2D eigenvalue weighted by atomic mass is 9.64. The number of nitrogens with zero attached hydrogens (tertiary/aromatic N) is 2. The van der Waals surface area contributed by atoms with Crippen LogP contribution in [-0.4, -0.2) is 28.3 Å². The van der Waals surface area contributed by atoms with Gasteiger partial charge in [0.15, 0.2) is 0 Å². The van der Waals surface area contributed by atoms with Gasteiger partial charge in [0, 0.05) is 7.05 Å². The minimum Gasteiger partial charge on any atom is -0.462 e. The zero-order chi connectivity index (χ0) is 17.2. The Bertz CT molecular complexity index is 748. The molecular weight excluding hydrogens is 306 g/mol. The highest BCUT2D eigenvalue weighted by atomic mass is 16.5. The lowest BCUT2D eigenvalue weighted by molar-refractivity contribution is -0.124. The number of amides is 1. The molecule has 0 aliphatic heterocycles. The maximum Gasteiger partial charge on any atom is 0.343 e. The molecule has 1 aliphatic rings. The van der Waals surface area contributed by atoms with Gasteiger partial charge in [-0.2, -0.15) is 5.10 Å². The highest BCUT2D eigenvalue weighted by molar-refractivity contribution is 6.04. The Morgan fingerprint density at radius 2 is 2.00 bits per heavy atom. The van der Waals surface area contributed by atoms with E-state index in [1.165, 1.54) is 10.9 Å². The number of benzene rings is 1. The van der Waals surface area contributed by atoms with E-state index in [4.69, 9.17) is 4.74 Å². The summed E-state index contributed by atoms with van der Waals surface area (Å²) in [5.41, 5.74) is 0.751. The topological polar surface area (TPSA) is 73.2 Å². The molecule has 126 valence electrons. The zero-order valence-corrected chi connectivity index (χ0v) is 13.9. The van der Waals surface area contributed by atoms with Gasteiger partial charge in [0.2, 0.25) is 5.91 Å². The van der Waals surface area contributed by atoms with Gasteiger partial charge in [0.25, 0.3) is 0 Å². The third kappa shape index (κ3) is 2.68. The number of aryl methyl sites for hydroxylation is 1. The van der Waals surface area contributed by atoms with Gasteiger partial charge in [-0.1, -0.05) is 36.8 Å². The molecule has 1 N–H and O–H groups in total. The molecule has 6 heteroatoms. The molecule has 1 aromatic heterocycles. The van der Waals surface area contributed by atoms with E-state index in [-0.39, 0.29) is 18.1 Å². The largest absolute Gasteiger partial charge is 0.462 e. The van der Waals surface area contributed by atoms with Crippen molar-refractivity contribution in [2.45, 2.75) is 31.6 Å². The number of nitrogens with one attached hydrogen (secondary N) is 1. The van der Waals surface area contributed by atoms with Crippen LogP contribution in [0.5, 0.6) is 0 Å². The molecule has 1 fully saturated rings. The van der Waals surface area contributed by atoms with Crippen LogP contribution >= 0.6 is 0 Å². The minimum atomic E-state index is -0.530. The highest BCUT2D eigenvalue weighted by Gasteiger charge is 2.46. The lowest BCUT2D eigenvalue weighted by Crippen LogP contribution is -2.46.